The van der Waals surface area contributed by atoms with E-state index in [1.54, 1.807) is 0 Å². The molecule has 0 unspecified atom stereocenters. The van der Waals surface area contributed by atoms with Crippen LogP contribution in [0.15, 0.2) is 0 Å². The molecule has 0 aliphatic carbocycles. The molecule has 0 spiro atoms. The topological polar surface area (TPSA) is 37.3 Å². The summed E-state index contributed by atoms with van der Waals surface area (Å²) in [4.78, 5) is 9.86. The minimum absolute atomic E-state index is 0.535. The molecule has 0 saturated carbocycles. The van der Waals surface area contributed by atoms with E-state index in [9.17, 15) is 18.0 Å². The van der Waals surface area contributed by atoms with Gasteiger partial charge in [-0.15, -0.1) is 0 Å². The molecular formula is C4H5F3O2S. The summed E-state index contributed by atoms with van der Waals surface area (Å²) in [6.07, 6.45) is 0. The molecule has 60 valence electrons. The molecule has 0 aliphatic heterocycles. The van der Waals surface area contributed by atoms with Crippen molar-refractivity contribution in [1.29, 1.82) is 0 Å². The smallest absolute Gasteiger partial charge is 0.442 e. The van der Waals surface area contributed by atoms with Crippen molar-refractivity contribution in [2.24, 2.45) is 0 Å². The van der Waals surface area contributed by atoms with Gasteiger partial charge in [0.05, 0.1) is 0 Å². The summed E-state index contributed by atoms with van der Waals surface area (Å²) in [6.45, 7) is 0.987. The minimum atomic E-state index is -4.46. The number of hydrogen-bond acceptors (Lipinski definition) is 2. The van der Waals surface area contributed by atoms with Crippen molar-refractivity contribution in [2.75, 3.05) is 0 Å². The van der Waals surface area contributed by atoms with Crippen molar-refractivity contribution in [1.82, 2.24) is 0 Å². The lowest BCUT2D eigenvalue weighted by Gasteiger charge is -2.07. The molecule has 6 heteroatoms. The van der Waals surface area contributed by atoms with E-state index in [-0.39, 0.29) is 0 Å². The van der Waals surface area contributed by atoms with Crippen molar-refractivity contribution < 1.29 is 23.1 Å². The van der Waals surface area contributed by atoms with Crippen LogP contribution in [0, 0.1) is 0 Å². The fraction of sp³-hybridized carbons (Fsp3) is 0.750. The minimum Gasteiger partial charge on any atom is -0.480 e. The second-order valence-corrected chi connectivity index (χ2v) is 2.95. The second kappa shape index (κ2) is 3.14. The number of thioether (sulfide) groups is 1. The zero-order chi connectivity index (χ0) is 8.36. The maximum absolute atomic E-state index is 11.4. The van der Waals surface area contributed by atoms with Gasteiger partial charge in [-0.25, -0.2) is 0 Å². The molecule has 0 rings (SSSR count). The highest BCUT2D eigenvalue weighted by Crippen LogP contribution is 2.33. The molecular weight excluding hydrogens is 169 g/mol. The van der Waals surface area contributed by atoms with Gasteiger partial charge in [-0.3, -0.25) is 4.79 Å². The van der Waals surface area contributed by atoms with Crippen LogP contribution >= 0.6 is 11.8 Å². The van der Waals surface area contributed by atoms with E-state index < -0.39 is 28.5 Å². The van der Waals surface area contributed by atoms with Gasteiger partial charge in [-0.1, -0.05) is 0 Å². The lowest BCUT2D eigenvalue weighted by atomic mass is 10.5. The fourth-order valence-corrected chi connectivity index (χ4v) is 0.753. The van der Waals surface area contributed by atoms with E-state index >= 15 is 0 Å². The Morgan fingerprint density at radius 1 is 1.60 bits per heavy atom. The monoisotopic (exact) mass is 174 g/mol. The lowest BCUT2D eigenvalue weighted by molar-refractivity contribution is -0.136. The Balaban J connectivity index is 3.80. The Labute approximate surface area is 59.4 Å². The number of halogens is 3. The summed E-state index contributed by atoms with van der Waals surface area (Å²) in [5.41, 5.74) is -4.46. The molecule has 1 atom stereocenters. The highest BCUT2D eigenvalue weighted by atomic mass is 32.2. The Kier molecular flexibility index (Phi) is 3.01. The molecule has 0 aromatic heterocycles. The number of hydrogen-bond donors (Lipinski definition) is 1. The molecule has 0 fully saturated rings. The van der Waals surface area contributed by atoms with Crippen LogP contribution < -0.4 is 0 Å². The average molecular weight is 174 g/mol. The predicted molar refractivity (Wildman–Crippen MR) is 30.7 cm³/mol. The van der Waals surface area contributed by atoms with Crippen LogP contribution in [0.25, 0.3) is 0 Å². The van der Waals surface area contributed by atoms with Gasteiger partial charge < -0.3 is 5.11 Å². The standard InChI is InChI=1S/C4H5F3O2S/c1-2(3(8)9)10-4(5,6)7/h2H,1H3,(H,8,9)/t2-/m1/s1. The first-order valence-electron chi connectivity index (χ1n) is 2.30. The highest BCUT2D eigenvalue weighted by molar-refractivity contribution is 8.01. The molecule has 1 N–H and O–H groups in total. The molecule has 0 saturated heterocycles. The first-order valence-corrected chi connectivity index (χ1v) is 3.18. The number of carboxylic acids is 1. The van der Waals surface area contributed by atoms with Gasteiger partial charge in [-0.2, -0.15) is 13.2 Å². The summed E-state index contributed by atoms with van der Waals surface area (Å²) in [5, 5.41) is 6.59. The molecule has 0 aliphatic rings. The van der Waals surface area contributed by atoms with Crippen LogP contribution in [0.1, 0.15) is 6.92 Å². The van der Waals surface area contributed by atoms with E-state index in [1.165, 1.54) is 0 Å². The summed E-state index contributed by atoms with van der Waals surface area (Å²) < 4.78 is 34.1. The van der Waals surface area contributed by atoms with Crippen LogP contribution in [0.3, 0.4) is 0 Å². The number of rotatable bonds is 2. The number of aliphatic carboxylic acids is 1. The van der Waals surface area contributed by atoms with Crippen molar-refractivity contribution >= 4 is 17.7 Å². The molecule has 0 aromatic rings. The van der Waals surface area contributed by atoms with Crippen LogP contribution in [0.4, 0.5) is 13.2 Å². The van der Waals surface area contributed by atoms with Gasteiger partial charge in [0.25, 0.3) is 0 Å². The number of alkyl halides is 3. The van der Waals surface area contributed by atoms with Gasteiger partial charge in [-0.05, 0) is 18.7 Å². The maximum atomic E-state index is 11.4. The highest BCUT2D eigenvalue weighted by Gasteiger charge is 2.33. The third kappa shape index (κ3) is 4.49. The van der Waals surface area contributed by atoms with Crippen LogP contribution in [-0.4, -0.2) is 21.8 Å². The Hall–Kier alpha value is -0.390. The lowest BCUT2D eigenvalue weighted by Crippen LogP contribution is -2.17. The molecule has 2 nitrogen and oxygen atoms in total. The van der Waals surface area contributed by atoms with E-state index in [1.807, 2.05) is 0 Å². The van der Waals surface area contributed by atoms with E-state index in [0.29, 0.717) is 0 Å². The van der Waals surface area contributed by atoms with Gasteiger partial charge in [0, 0.05) is 0 Å². The molecule has 0 radical (unpaired) electrons. The third-order valence-corrected chi connectivity index (χ3v) is 1.48. The van der Waals surface area contributed by atoms with E-state index in [4.69, 9.17) is 5.11 Å². The largest absolute Gasteiger partial charge is 0.480 e. The fourth-order valence-electron chi connectivity index (χ4n) is 0.251. The van der Waals surface area contributed by atoms with E-state index in [0.717, 1.165) is 6.92 Å². The quantitative estimate of drug-likeness (QED) is 0.692. The van der Waals surface area contributed by atoms with Gasteiger partial charge in [0.1, 0.15) is 5.25 Å². The summed E-state index contributed by atoms with van der Waals surface area (Å²) in [6, 6.07) is 0. The van der Waals surface area contributed by atoms with Crippen LogP contribution in [-0.2, 0) is 4.79 Å². The Bertz CT molecular complexity index is 133. The summed E-state index contributed by atoms with van der Waals surface area (Å²) in [7, 11) is 0. The zero-order valence-electron chi connectivity index (χ0n) is 4.97. The van der Waals surface area contributed by atoms with Crippen molar-refractivity contribution in [3.05, 3.63) is 0 Å². The molecule has 0 amide bonds. The van der Waals surface area contributed by atoms with Gasteiger partial charge in [0.15, 0.2) is 0 Å². The predicted octanol–water partition coefficient (Wildman–Crippen LogP) is 1.71. The molecule has 0 heterocycles. The van der Waals surface area contributed by atoms with Crippen molar-refractivity contribution in [2.45, 2.75) is 17.7 Å². The Morgan fingerprint density at radius 2 is 2.00 bits per heavy atom. The van der Waals surface area contributed by atoms with Gasteiger partial charge >= 0.3 is 11.5 Å². The molecule has 0 bridgehead atoms. The summed E-state index contributed by atoms with van der Waals surface area (Å²) in [5.74, 6) is -1.46. The number of carbonyl (C=O) groups is 1. The maximum Gasteiger partial charge on any atom is 0.442 e. The average Bonchev–Trinajstić information content (AvgIpc) is 1.60. The molecule has 10 heavy (non-hydrogen) atoms. The zero-order valence-corrected chi connectivity index (χ0v) is 5.79. The normalized spacial score (nSPS) is 14.8. The number of carboxylic acid groups (broad SMARTS) is 1. The SMILES string of the molecule is C[C@@H](SC(F)(F)F)C(=O)O. The first-order chi connectivity index (χ1) is 4.33. The third-order valence-electron chi connectivity index (χ3n) is 0.658. The second-order valence-electron chi connectivity index (χ2n) is 1.54. The van der Waals surface area contributed by atoms with Crippen molar-refractivity contribution in [3.63, 3.8) is 0 Å². The first kappa shape index (κ1) is 9.61. The van der Waals surface area contributed by atoms with E-state index in [2.05, 4.69) is 0 Å². The van der Waals surface area contributed by atoms with Crippen molar-refractivity contribution in [3.8, 4) is 0 Å². The van der Waals surface area contributed by atoms with Crippen LogP contribution in [0.5, 0.6) is 0 Å². The molecule has 0 aromatic carbocycles. The summed E-state index contributed by atoms with van der Waals surface area (Å²) >= 11 is -0.535. The van der Waals surface area contributed by atoms with Gasteiger partial charge in [0.2, 0.25) is 0 Å². The Morgan fingerprint density at radius 3 is 2.10 bits per heavy atom. The van der Waals surface area contributed by atoms with Crippen LogP contribution in [0.2, 0.25) is 0 Å².